The first-order chi connectivity index (χ1) is 24.5. The van der Waals surface area contributed by atoms with Crippen LogP contribution in [0.2, 0.25) is 0 Å². The lowest BCUT2D eigenvalue weighted by molar-refractivity contribution is 0.796. The molecule has 0 N–H and O–H groups in total. The average Bonchev–Trinajstić information content (AvgIpc) is 3.27. The van der Waals surface area contributed by atoms with E-state index in [1.54, 1.807) is 6.92 Å². The molecule has 1 aliphatic rings. The van der Waals surface area contributed by atoms with E-state index in [4.69, 9.17) is 4.98 Å². The summed E-state index contributed by atoms with van der Waals surface area (Å²) >= 11 is 0. The maximum Gasteiger partial charge on any atom is 0.145 e. The molecule has 0 aliphatic heterocycles. The van der Waals surface area contributed by atoms with Crippen LogP contribution in [0, 0.1) is 26.2 Å². The molecule has 0 unspecified atom stereocenters. The molecule has 248 valence electrons. The fourth-order valence-corrected chi connectivity index (χ4v) is 6.98. The predicted octanol–water partition coefficient (Wildman–Crippen LogP) is 13.0. The van der Waals surface area contributed by atoms with Gasteiger partial charge in [-0.1, -0.05) is 134 Å². The number of aryl methyl sites for hydroxylation is 3. The summed E-state index contributed by atoms with van der Waals surface area (Å²) in [4.78, 5) is 5.12. The maximum absolute atomic E-state index is 5.12. The number of hydrogen-bond acceptors (Lipinski definition) is 1. The minimum atomic E-state index is 0.906. The smallest absolute Gasteiger partial charge is 0.145 e. The second kappa shape index (κ2) is 15.7. The van der Waals surface area contributed by atoms with E-state index in [0.29, 0.717) is 0 Å². The van der Waals surface area contributed by atoms with Crippen LogP contribution in [-0.2, 0) is 6.42 Å². The molecule has 0 saturated carbocycles. The van der Waals surface area contributed by atoms with Gasteiger partial charge in [0.1, 0.15) is 5.82 Å². The monoisotopic (exact) mass is 650 g/mol. The molecular weight excluding hydrogens is 605 g/mol. The van der Waals surface area contributed by atoms with Crippen LogP contribution in [-0.4, -0.2) is 9.55 Å². The molecule has 0 amide bonds. The Hall–Kier alpha value is -5.65. The molecule has 0 atom stereocenters. The van der Waals surface area contributed by atoms with Crippen LogP contribution in [0.1, 0.15) is 68.1 Å². The molecule has 5 aromatic carbocycles. The van der Waals surface area contributed by atoms with E-state index in [1.807, 2.05) is 0 Å². The van der Waals surface area contributed by atoms with Crippen molar-refractivity contribution in [3.8, 4) is 40.5 Å². The van der Waals surface area contributed by atoms with Crippen LogP contribution in [0.4, 0.5) is 0 Å². The fraction of sp³-hybridized carbons (Fsp3) is 0.188. The zero-order valence-corrected chi connectivity index (χ0v) is 30.0. The van der Waals surface area contributed by atoms with Crippen LogP contribution in [0.3, 0.4) is 0 Å². The first-order valence-corrected chi connectivity index (χ1v) is 17.8. The Morgan fingerprint density at radius 1 is 0.820 bits per heavy atom. The Bertz CT molecular complexity index is 2300. The van der Waals surface area contributed by atoms with Crippen LogP contribution in [0.15, 0.2) is 127 Å². The number of imidazole rings is 1. The Labute approximate surface area is 298 Å². The summed E-state index contributed by atoms with van der Waals surface area (Å²) in [5.41, 5.74) is 12.1. The van der Waals surface area contributed by atoms with Gasteiger partial charge in [0.25, 0.3) is 0 Å². The Morgan fingerprint density at radius 2 is 1.54 bits per heavy atom. The molecule has 0 fully saturated rings. The SMILES string of the molecule is C#CC.C/C=C\c1c(C)nc(-c2ccccc2)n1-c1ccc2c(-c3ccc(C)cc3)c3cc(CCCC)ccc3c(C3=CCC=CC=C3)c2c1. The van der Waals surface area contributed by atoms with Gasteiger partial charge >= 0.3 is 0 Å². The van der Waals surface area contributed by atoms with E-state index in [0.717, 1.165) is 41.3 Å². The van der Waals surface area contributed by atoms with Crippen molar-refractivity contribution in [2.24, 2.45) is 0 Å². The van der Waals surface area contributed by atoms with Crippen LogP contribution in [0.25, 0.3) is 61.4 Å². The molecule has 1 aliphatic carbocycles. The molecule has 0 spiro atoms. The molecular formula is C48H46N2. The number of unbranched alkanes of at least 4 members (excludes halogenated alkanes) is 1. The van der Waals surface area contributed by atoms with Crippen molar-refractivity contribution in [3.63, 3.8) is 0 Å². The second-order valence-electron chi connectivity index (χ2n) is 12.9. The summed E-state index contributed by atoms with van der Waals surface area (Å²) in [6.45, 7) is 10.3. The maximum atomic E-state index is 5.12. The zero-order valence-electron chi connectivity index (χ0n) is 30.0. The van der Waals surface area contributed by atoms with Crippen molar-refractivity contribution in [1.82, 2.24) is 9.55 Å². The van der Waals surface area contributed by atoms with Crippen LogP contribution in [0.5, 0.6) is 0 Å². The van der Waals surface area contributed by atoms with Gasteiger partial charge in [0.2, 0.25) is 0 Å². The highest BCUT2D eigenvalue weighted by atomic mass is 15.1. The average molecular weight is 651 g/mol. The Balaban J connectivity index is 0.00000139. The van der Waals surface area contributed by atoms with Crippen LogP contribution >= 0.6 is 0 Å². The summed E-state index contributed by atoms with van der Waals surface area (Å²) in [5.74, 6) is 3.20. The Kier molecular flexibility index (Phi) is 10.8. The molecule has 0 saturated heterocycles. The van der Waals surface area contributed by atoms with E-state index in [1.165, 1.54) is 67.8 Å². The third kappa shape index (κ3) is 6.91. The summed E-state index contributed by atoms with van der Waals surface area (Å²) < 4.78 is 2.33. The molecule has 2 heteroatoms. The Morgan fingerprint density at radius 3 is 2.28 bits per heavy atom. The first kappa shape index (κ1) is 34.2. The summed E-state index contributed by atoms with van der Waals surface area (Å²) in [6.07, 6.45) is 24.5. The number of terminal acetylenes is 1. The van der Waals surface area contributed by atoms with E-state index >= 15 is 0 Å². The first-order valence-electron chi connectivity index (χ1n) is 17.8. The molecule has 1 heterocycles. The number of aromatic nitrogens is 2. The van der Waals surface area contributed by atoms with E-state index in [2.05, 4.69) is 178 Å². The van der Waals surface area contributed by atoms with E-state index in [9.17, 15) is 0 Å². The van der Waals surface area contributed by atoms with Crippen molar-refractivity contribution in [2.75, 3.05) is 0 Å². The summed E-state index contributed by atoms with van der Waals surface area (Å²) in [5, 5.41) is 5.13. The highest BCUT2D eigenvalue weighted by Gasteiger charge is 2.21. The zero-order chi connectivity index (χ0) is 35.0. The highest BCUT2D eigenvalue weighted by Crippen LogP contribution is 2.44. The van der Waals surface area contributed by atoms with Gasteiger partial charge in [-0.25, -0.2) is 4.98 Å². The van der Waals surface area contributed by atoms with Gasteiger partial charge in [-0.15, -0.1) is 12.3 Å². The van der Waals surface area contributed by atoms with Crippen molar-refractivity contribution < 1.29 is 0 Å². The van der Waals surface area contributed by atoms with Crippen LogP contribution < -0.4 is 0 Å². The van der Waals surface area contributed by atoms with E-state index in [-0.39, 0.29) is 0 Å². The largest absolute Gasteiger partial charge is 0.293 e. The molecule has 6 aromatic rings. The van der Waals surface area contributed by atoms with Gasteiger partial charge in [0.15, 0.2) is 0 Å². The van der Waals surface area contributed by atoms with Crippen molar-refractivity contribution >= 4 is 33.2 Å². The quantitative estimate of drug-likeness (QED) is 0.118. The molecule has 1 aromatic heterocycles. The van der Waals surface area contributed by atoms with Gasteiger partial charge in [0, 0.05) is 11.3 Å². The number of hydrogen-bond donors (Lipinski definition) is 0. The number of fused-ring (bicyclic) bond motifs is 2. The lowest BCUT2D eigenvalue weighted by atomic mass is 9.84. The standard InChI is InChI=1S/C45H42N2.C3H4/c1-5-7-16-33-23-27-38-40(29-33)44(35-24-21-31(3)22-25-35)39-28-26-37(30-41(39)43(38)34-17-11-8-9-12-18-34)47-42(15-6-2)32(4)46-45(47)36-19-13-10-14-20-36;1-3-2/h6,8-11,13-15,17-30H,5,7,12,16H2,1-4H3;1H,2H3/b15-6-;. The molecule has 0 bridgehead atoms. The number of allylic oxidation sites excluding steroid dienone is 7. The van der Waals surface area contributed by atoms with Gasteiger partial charge in [-0.3, -0.25) is 4.57 Å². The lowest BCUT2D eigenvalue weighted by Crippen LogP contribution is -2.02. The minimum Gasteiger partial charge on any atom is -0.293 e. The third-order valence-electron chi connectivity index (χ3n) is 9.32. The molecule has 0 radical (unpaired) electrons. The normalized spacial score (nSPS) is 12.5. The summed E-state index contributed by atoms with van der Waals surface area (Å²) in [7, 11) is 0. The van der Waals surface area contributed by atoms with Gasteiger partial charge < -0.3 is 0 Å². The highest BCUT2D eigenvalue weighted by molar-refractivity contribution is 6.20. The van der Waals surface area contributed by atoms with Gasteiger partial charge in [-0.2, -0.15) is 0 Å². The topological polar surface area (TPSA) is 17.8 Å². The predicted molar refractivity (Wildman–Crippen MR) is 218 cm³/mol. The third-order valence-corrected chi connectivity index (χ3v) is 9.32. The van der Waals surface area contributed by atoms with Crippen molar-refractivity contribution in [2.45, 2.75) is 60.3 Å². The molecule has 2 nitrogen and oxygen atoms in total. The van der Waals surface area contributed by atoms with Gasteiger partial charge in [0.05, 0.1) is 11.4 Å². The summed E-state index contributed by atoms with van der Waals surface area (Å²) in [6, 6.07) is 33.8. The fourth-order valence-electron chi connectivity index (χ4n) is 6.98. The van der Waals surface area contributed by atoms with E-state index < -0.39 is 0 Å². The number of nitrogens with zero attached hydrogens (tertiary/aromatic N) is 2. The van der Waals surface area contributed by atoms with Gasteiger partial charge in [-0.05, 0) is 115 Å². The number of benzene rings is 5. The second-order valence-corrected chi connectivity index (χ2v) is 12.9. The lowest BCUT2D eigenvalue weighted by Gasteiger charge is -2.21. The minimum absolute atomic E-state index is 0.906. The molecule has 50 heavy (non-hydrogen) atoms. The van der Waals surface area contributed by atoms with Crippen molar-refractivity contribution in [1.29, 1.82) is 0 Å². The molecule has 7 rings (SSSR count). The van der Waals surface area contributed by atoms with Crippen molar-refractivity contribution in [3.05, 3.63) is 156 Å². The number of rotatable bonds is 8.